The van der Waals surface area contributed by atoms with Gasteiger partial charge in [-0.15, -0.1) is 0 Å². The number of hydrogen-bond acceptors (Lipinski definition) is 8. The Bertz CT molecular complexity index is 1480. The van der Waals surface area contributed by atoms with E-state index in [1.165, 1.54) is 12.4 Å². The van der Waals surface area contributed by atoms with Crippen molar-refractivity contribution >= 4 is 45.1 Å². The van der Waals surface area contributed by atoms with Crippen LogP contribution in [0.2, 0.25) is 5.02 Å². The number of nitriles is 1. The minimum Gasteiger partial charge on any atom is -0.436 e. The maximum absolute atomic E-state index is 11.9. The lowest BCUT2D eigenvalue weighted by molar-refractivity contribution is -0.126. The molecule has 10 nitrogen and oxygen atoms in total. The SMILES string of the molecule is C=CC(=O)N1CCN(c2ncnc3c(Oc4c(C)c(Cl)cc5[nH]ncc45)nc(C#N)cc23)CC1. The number of nitrogens with zero attached hydrogens (tertiary/aromatic N) is 7. The minimum atomic E-state index is -0.0960. The summed E-state index contributed by atoms with van der Waals surface area (Å²) in [7, 11) is 0. The van der Waals surface area contributed by atoms with Gasteiger partial charge in [-0.3, -0.25) is 9.89 Å². The summed E-state index contributed by atoms with van der Waals surface area (Å²) < 4.78 is 6.24. The molecule has 0 aliphatic carbocycles. The van der Waals surface area contributed by atoms with Gasteiger partial charge in [0, 0.05) is 36.8 Å². The Morgan fingerprint density at radius 3 is 2.79 bits per heavy atom. The summed E-state index contributed by atoms with van der Waals surface area (Å²) in [5.41, 5.74) is 2.06. The number of aromatic amines is 1. The number of anilines is 1. The summed E-state index contributed by atoms with van der Waals surface area (Å²) in [6.07, 6.45) is 4.41. The Kier molecular flexibility index (Phi) is 5.47. The van der Waals surface area contributed by atoms with Crippen molar-refractivity contribution in [2.75, 3.05) is 31.1 Å². The Labute approximate surface area is 199 Å². The molecule has 3 aromatic heterocycles. The molecule has 0 bridgehead atoms. The van der Waals surface area contributed by atoms with Gasteiger partial charge in [-0.1, -0.05) is 18.2 Å². The first-order chi connectivity index (χ1) is 16.5. The number of amides is 1. The van der Waals surface area contributed by atoms with Crippen LogP contribution >= 0.6 is 11.6 Å². The number of benzene rings is 1. The van der Waals surface area contributed by atoms with Crippen LogP contribution in [0.15, 0.2) is 37.3 Å². The van der Waals surface area contributed by atoms with Crippen molar-refractivity contribution in [3.05, 3.63) is 53.6 Å². The van der Waals surface area contributed by atoms with E-state index in [0.717, 1.165) is 5.39 Å². The first-order valence-corrected chi connectivity index (χ1v) is 10.9. The summed E-state index contributed by atoms with van der Waals surface area (Å²) >= 11 is 6.40. The largest absolute Gasteiger partial charge is 0.436 e. The fraction of sp³-hybridized carbons (Fsp3) is 0.217. The summed E-state index contributed by atoms with van der Waals surface area (Å²) in [5, 5.41) is 18.5. The van der Waals surface area contributed by atoms with Gasteiger partial charge in [-0.25, -0.2) is 15.0 Å². The highest BCUT2D eigenvalue weighted by molar-refractivity contribution is 6.32. The average Bonchev–Trinajstić information content (AvgIpc) is 3.33. The van der Waals surface area contributed by atoms with Crippen molar-refractivity contribution in [2.24, 2.45) is 0 Å². The van der Waals surface area contributed by atoms with Gasteiger partial charge in [0.15, 0.2) is 0 Å². The van der Waals surface area contributed by atoms with Crippen molar-refractivity contribution in [1.82, 2.24) is 30.0 Å². The second-order valence-corrected chi connectivity index (χ2v) is 8.19. The van der Waals surface area contributed by atoms with E-state index in [1.807, 2.05) is 6.92 Å². The first-order valence-electron chi connectivity index (χ1n) is 10.5. The van der Waals surface area contributed by atoms with Crippen molar-refractivity contribution in [3.8, 4) is 17.7 Å². The average molecular weight is 475 g/mol. The van der Waals surface area contributed by atoms with Gasteiger partial charge >= 0.3 is 0 Å². The maximum Gasteiger partial charge on any atom is 0.247 e. The molecule has 0 unspecified atom stereocenters. The van der Waals surface area contributed by atoms with E-state index in [-0.39, 0.29) is 17.5 Å². The molecule has 1 aliphatic heterocycles. The Balaban J connectivity index is 1.58. The molecule has 0 atom stereocenters. The van der Waals surface area contributed by atoms with Gasteiger partial charge in [-0.2, -0.15) is 10.4 Å². The molecule has 0 radical (unpaired) electrons. The Morgan fingerprint density at radius 1 is 1.26 bits per heavy atom. The van der Waals surface area contributed by atoms with Crippen LogP contribution < -0.4 is 9.64 Å². The van der Waals surface area contributed by atoms with E-state index >= 15 is 0 Å². The zero-order chi connectivity index (χ0) is 23.8. The number of ether oxygens (including phenoxy) is 1. The molecule has 1 fully saturated rings. The number of aromatic nitrogens is 5. The van der Waals surface area contributed by atoms with E-state index < -0.39 is 0 Å². The fourth-order valence-corrected chi connectivity index (χ4v) is 4.22. The normalized spacial score (nSPS) is 13.8. The lowest BCUT2D eigenvalue weighted by atomic mass is 10.1. The van der Waals surface area contributed by atoms with Crippen LogP contribution in [-0.2, 0) is 4.79 Å². The molecule has 4 aromatic rings. The molecule has 1 amide bonds. The number of nitrogens with one attached hydrogen (secondary N) is 1. The molecule has 170 valence electrons. The van der Waals surface area contributed by atoms with Crippen LogP contribution in [-0.4, -0.2) is 62.1 Å². The third kappa shape index (κ3) is 3.66. The number of fused-ring (bicyclic) bond motifs is 2. The van der Waals surface area contributed by atoms with Crippen molar-refractivity contribution < 1.29 is 9.53 Å². The number of halogens is 1. The number of piperazine rings is 1. The van der Waals surface area contributed by atoms with Gasteiger partial charge in [0.1, 0.15) is 35.2 Å². The third-order valence-corrected chi connectivity index (χ3v) is 6.22. The van der Waals surface area contributed by atoms with Crippen molar-refractivity contribution in [3.63, 3.8) is 0 Å². The van der Waals surface area contributed by atoms with Gasteiger partial charge in [-0.05, 0) is 25.1 Å². The molecular formula is C23H19ClN8O2. The van der Waals surface area contributed by atoms with E-state index in [1.54, 1.807) is 23.2 Å². The maximum atomic E-state index is 11.9. The highest BCUT2D eigenvalue weighted by Crippen LogP contribution is 2.39. The summed E-state index contributed by atoms with van der Waals surface area (Å²) in [6, 6.07) is 5.52. The van der Waals surface area contributed by atoms with Crippen molar-refractivity contribution in [2.45, 2.75) is 6.92 Å². The Hall–Kier alpha value is -4.23. The summed E-state index contributed by atoms with van der Waals surface area (Å²) in [5.74, 6) is 1.21. The molecule has 11 heteroatoms. The van der Waals surface area contributed by atoms with Crippen molar-refractivity contribution in [1.29, 1.82) is 5.26 Å². The number of hydrogen-bond donors (Lipinski definition) is 1. The Morgan fingerprint density at radius 2 is 2.06 bits per heavy atom. The predicted molar refractivity (Wildman–Crippen MR) is 127 cm³/mol. The predicted octanol–water partition coefficient (Wildman–Crippen LogP) is 3.36. The number of pyridine rings is 1. The second-order valence-electron chi connectivity index (χ2n) is 7.78. The number of rotatable bonds is 4. The van der Waals surface area contributed by atoms with Crippen LogP contribution in [0.5, 0.6) is 11.6 Å². The molecule has 1 N–H and O–H groups in total. The summed E-state index contributed by atoms with van der Waals surface area (Å²) in [4.78, 5) is 29.0. The molecule has 34 heavy (non-hydrogen) atoms. The smallest absolute Gasteiger partial charge is 0.247 e. The molecule has 1 aliphatic rings. The lowest BCUT2D eigenvalue weighted by Gasteiger charge is -2.35. The van der Waals surface area contributed by atoms with E-state index in [4.69, 9.17) is 16.3 Å². The zero-order valence-electron chi connectivity index (χ0n) is 18.2. The molecular weight excluding hydrogens is 456 g/mol. The van der Waals surface area contributed by atoms with E-state index in [0.29, 0.717) is 64.8 Å². The van der Waals surface area contributed by atoms with Gasteiger partial charge in [0.25, 0.3) is 0 Å². The zero-order valence-corrected chi connectivity index (χ0v) is 19.0. The first kappa shape index (κ1) is 21.6. The van der Waals surface area contributed by atoms with Gasteiger partial charge in [0.05, 0.1) is 22.5 Å². The molecule has 1 saturated heterocycles. The van der Waals surface area contributed by atoms with Crippen LogP contribution in [0, 0.1) is 18.3 Å². The highest BCUT2D eigenvalue weighted by Gasteiger charge is 2.24. The van der Waals surface area contributed by atoms with Gasteiger partial charge < -0.3 is 14.5 Å². The highest BCUT2D eigenvalue weighted by atomic mass is 35.5. The van der Waals surface area contributed by atoms with Crippen LogP contribution in [0.25, 0.3) is 21.8 Å². The third-order valence-electron chi connectivity index (χ3n) is 5.83. The van der Waals surface area contributed by atoms with E-state index in [9.17, 15) is 10.1 Å². The lowest BCUT2D eigenvalue weighted by Crippen LogP contribution is -2.48. The second kappa shape index (κ2) is 8.61. The number of carbonyl (C=O) groups excluding carboxylic acids is 1. The number of H-pyrrole nitrogens is 1. The quantitative estimate of drug-likeness (QED) is 0.446. The molecule has 0 saturated carbocycles. The summed E-state index contributed by atoms with van der Waals surface area (Å²) in [6.45, 7) is 7.62. The van der Waals surface area contributed by atoms with Gasteiger partial charge in [0.2, 0.25) is 11.8 Å². The van der Waals surface area contributed by atoms with E-state index in [2.05, 4.69) is 42.7 Å². The molecule has 4 heterocycles. The molecule has 1 aromatic carbocycles. The molecule has 5 rings (SSSR count). The molecule has 0 spiro atoms. The van der Waals surface area contributed by atoms with Crippen LogP contribution in [0.3, 0.4) is 0 Å². The fourth-order valence-electron chi connectivity index (χ4n) is 4.03. The minimum absolute atomic E-state index is 0.0960. The van der Waals surface area contributed by atoms with Crippen LogP contribution in [0.1, 0.15) is 11.3 Å². The monoisotopic (exact) mass is 474 g/mol. The number of carbonyl (C=O) groups is 1. The topological polar surface area (TPSA) is 124 Å². The standard InChI is InChI=1S/C23H19ClN8O2/c1-3-19(33)31-4-6-32(7-5-31)22-15-8-14(10-25)29-23(20(15)26-12-27-22)34-21-13(2)17(24)9-18-16(21)11-28-30-18/h3,8-9,11-12H,1,4-7H2,2H3,(H,28,30). The van der Waals surface area contributed by atoms with Crippen LogP contribution in [0.4, 0.5) is 5.82 Å².